The van der Waals surface area contributed by atoms with Crippen molar-refractivity contribution in [3.8, 4) is 0 Å². The van der Waals surface area contributed by atoms with E-state index in [2.05, 4.69) is 50.0 Å². The number of hydrogen-bond donors (Lipinski definition) is 1. The molecule has 0 aromatic carbocycles. The van der Waals surface area contributed by atoms with Crippen LogP contribution in [0.25, 0.3) is 0 Å². The van der Waals surface area contributed by atoms with Gasteiger partial charge in [0.25, 0.3) is 0 Å². The lowest BCUT2D eigenvalue weighted by Crippen LogP contribution is -2.46. The fourth-order valence-corrected chi connectivity index (χ4v) is 5.39. The molecule has 0 spiro atoms. The van der Waals surface area contributed by atoms with Crippen LogP contribution in [0.3, 0.4) is 0 Å². The van der Waals surface area contributed by atoms with Crippen molar-refractivity contribution in [2.24, 2.45) is 11.8 Å². The van der Waals surface area contributed by atoms with Crippen LogP contribution in [0.5, 0.6) is 0 Å². The Bertz CT molecular complexity index is 1160. The Morgan fingerprint density at radius 2 is 1.70 bits per heavy atom. The normalized spacial score (nSPS) is 22.8. The van der Waals surface area contributed by atoms with Crippen LogP contribution in [0, 0.1) is 11.8 Å². The van der Waals surface area contributed by atoms with E-state index < -0.39 is 48.1 Å². The largest absolute Gasteiger partial charge is 0.457 e. The Balaban J connectivity index is 2.02. The number of ether oxygens (including phenoxy) is 3. The average molecular weight is 639 g/mol. The number of unbranched alkanes of at least 4 members (excludes halogenated alkanes) is 5. The highest BCUT2D eigenvalue weighted by molar-refractivity contribution is 5.91. The molecule has 0 radical (unpaired) electrons. The van der Waals surface area contributed by atoms with Crippen LogP contribution in [0.2, 0.25) is 0 Å². The number of aliphatic hydroxyl groups is 1. The first-order chi connectivity index (χ1) is 22.3. The van der Waals surface area contributed by atoms with E-state index in [9.17, 15) is 24.3 Å². The monoisotopic (exact) mass is 638 g/mol. The lowest BCUT2D eigenvalue weighted by atomic mass is 9.83. The maximum Gasteiger partial charge on any atom is 0.334 e. The molecule has 0 bridgehead atoms. The number of fused-ring (bicyclic) bond motifs is 1. The molecule has 0 aromatic heterocycles. The summed E-state index contributed by atoms with van der Waals surface area (Å²) in [5.41, 5.74) is 0.802. The van der Waals surface area contributed by atoms with Gasteiger partial charge in [-0.1, -0.05) is 89.1 Å². The SMILES string of the molecule is C=C1C(=O)OC2C=C(CO)CCC=C(C=O)C(OC(=O)CCCCCCCC=CCC=CCC=CCC)C(OC(=O)C(C)CC)C12. The number of allylic oxidation sites excluding steroid dienone is 7. The fraction of sp³-hybridized carbons (Fsp3) is 0.579. The van der Waals surface area contributed by atoms with Gasteiger partial charge in [0.1, 0.15) is 12.4 Å². The first-order valence-corrected chi connectivity index (χ1v) is 17.0. The summed E-state index contributed by atoms with van der Waals surface area (Å²) in [7, 11) is 0. The van der Waals surface area contributed by atoms with Gasteiger partial charge in [-0.3, -0.25) is 14.4 Å². The molecule has 5 unspecified atom stereocenters. The van der Waals surface area contributed by atoms with Gasteiger partial charge >= 0.3 is 17.9 Å². The summed E-state index contributed by atoms with van der Waals surface area (Å²) in [4.78, 5) is 51.2. The van der Waals surface area contributed by atoms with Gasteiger partial charge in [-0.2, -0.15) is 0 Å². The molecule has 1 aliphatic carbocycles. The highest BCUT2D eigenvalue weighted by Crippen LogP contribution is 2.38. The van der Waals surface area contributed by atoms with Crippen LogP contribution in [-0.2, 0) is 33.4 Å². The van der Waals surface area contributed by atoms with Gasteiger partial charge in [-0.15, -0.1) is 0 Å². The summed E-state index contributed by atoms with van der Waals surface area (Å²) in [6, 6.07) is 0. The van der Waals surface area contributed by atoms with Gasteiger partial charge in [0.15, 0.2) is 12.2 Å². The summed E-state index contributed by atoms with van der Waals surface area (Å²) < 4.78 is 17.4. The number of hydrogen-bond acceptors (Lipinski definition) is 8. The molecule has 8 nitrogen and oxygen atoms in total. The van der Waals surface area contributed by atoms with Gasteiger partial charge < -0.3 is 19.3 Å². The minimum absolute atomic E-state index is 0.0542. The van der Waals surface area contributed by atoms with E-state index in [1.807, 2.05) is 6.92 Å². The molecule has 2 rings (SSSR count). The van der Waals surface area contributed by atoms with Crippen LogP contribution in [-0.4, -0.2) is 54.2 Å². The molecular formula is C38H54O8. The predicted molar refractivity (Wildman–Crippen MR) is 180 cm³/mol. The van der Waals surface area contributed by atoms with Crippen molar-refractivity contribution in [2.45, 2.75) is 123 Å². The molecule has 1 saturated heterocycles. The molecule has 0 amide bonds. The van der Waals surface area contributed by atoms with Gasteiger partial charge in [-0.05, 0) is 69.4 Å². The van der Waals surface area contributed by atoms with Crippen LogP contribution in [0.15, 0.2) is 71.9 Å². The van der Waals surface area contributed by atoms with Crippen molar-refractivity contribution in [1.29, 1.82) is 0 Å². The van der Waals surface area contributed by atoms with Crippen LogP contribution in [0.4, 0.5) is 0 Å². The Morgan fingerprint density at radius 1 is 1.02 bits per heavy atom. The van der Waals surface area contributed by atoms with Gasteiger partial charge in [-0.25, -0.2) is 4.79 Å². The number of aldehydes is 1. The standard InChI is InChI=1S/C38H54O8/c1-5-7-8-9-10-11-12-13-14-15-16-17-18-19-20-24-33(41)45-35-31(27-40)23-21-22-30(26-39)25-32-34(29(4)38(43)44-32)36(35)46-37(42)28(3)6-2/h7-8,10-11,13-14,23,25,27-28,32,34-36,39H,4-6,9,12,15-22,24,26H2,1-3H3. The molecule has 0 saturated carbocycles. The second-order valence-corrected chi connectivity index (χ2v) is 12.0. The van der Waals surface area contributed by atoms with Crippen molar-refractivity contribution in [2.75, 3.05) is 6.61 Å². The maximum atomic E-state index is 13.1. The highest BCUT2D eigenvalue weighted by atomic mass is 16.6. The van der Waals surface area contributed by atoms with Gasteiger partial charge in [0.05, 0.1) is 18.4 Å². The molecule has 46 heavy (non-hydrogen) atoms. The zero-order valence-corrected chi connectivity index (χ0v) is 28.0. The first-order valence-electron chi connectivity index (χ1n) is 17.0. The van der Waals surface area contributed by atoms with E-state index in [1.165, 1.54) is 0 Å². The van der Waals surface area contributed by atoms with Gasteiger partial charge in [0.2, 0.25) is 0 Å². The topological polar surface area (TPSA) is 116 Å². The molecule has 1 fully saturated rings. The van der Waals surface area contributed by atoms with Crippen molar-refractivity contribution < 1.29 is 38.5 Å². The zero-order chi connectivity index (χ0) is 33.7. The van der Waals surface area contributed by atoms with E-state index in [0.29, 0.717) is 37.5 Å². The van der Waals surface area contributed by atoms with Crippen molar-refractivity contribution in [3.63, 3.8) is 0 Å². The molecule has 1 heterocycles. The molecule has 1 N–H and O–H groups in total. The lowest BCUT2D eigenvalue weighted by molar-refractivity contribution is -0.172. The molecule has 2 aliphatic rings. The Labute approximate surface area is 275 Å². The smallest absolute Gasteiger partial charge is 0.334 e. The Hall–Kier alpha value is -3.52. The van der Waals surface area contributed by atoms with E-state index in [-0.39, 0.29) is 24.2 Å². The minimum atomic E-state index is -1.24. The summed E-state index contributed by atoms with van der Waals surface area (Å²) in [5, 5.41) is 9.88. The Kier molecular flexibility index (Phi) is 18.6. The van der Waals surface area contributed by atoms with Crippen LogP contribution in [0.1, 0.15) is 104 Å². The van der Waals surface area contributed by atoms with E-state index >= 15 is 0 Å². The third kappa shape index (κ3) is 13.1. The summed E-state index contributed by atoms with van der Waals surface area (Å²) in [6.45, 7) is 9.32. The van der Waals surface area contributed by atoms with E-state index in [4.69, 9.17) is 14.2 Å². The van der Waals surface area contributed by atoms with Crippen molar-refractivity contribution in [1.82, 2.24) is 0 Å². The fourth-order valence-electron chi connectivity index (χ4n) is 5.39. The molecule has 0 aromatic rings. The highest BCUT2D eigenvalue weighted by Gasteiger charge is 2.49. The molecule has 254 valence electrons. The average Bonchev–Trinajstić information content (AvgIpc) is 3.33. The Morgan fingerprint density at radius 3 is 2.37 bits per heavy atom. The third-order valence-corrected chi connectivity index (χ3v) is 8.38. The number of esters is 3. The van der Waals surface area contributed by atoms with Crippen molar-refractivity contribution in [3.05, 3.63) is 71.9 Å². The van der Waals surface area contributed by atoms with Crippen molar-refractivity contribution >= 4 is 24.2 Å². The number of rotatable bonds is 19. The molecular weight excluding hydrogens is 584 g/mol. The number of carbonyl (C=O) groups excluding carboxylic acids is 4. The zero-order valence-electron chi connectivity index (χ0n) is 28.0. The second kappa shape index (κ2) is 22.1. The number of aliphatic hydroxyl groups excluding tert-OH is 1. The van der Waals surface area contributed by atoms with E-state index in [0.717, 1.165) is 51.4 Å². The second-order valence-electron chi connectivity index (χ2n) is 12.0. The number of carbonyl (C=O) groups is 4. The minimum Gasteiger partial charge on any atom is -0.457 e. The summed E-state index contributed by atoms with van der Waals surface area (Å²) >= 11 is 0. The van der Waals surface area contributed by atoms with Crippen LogP contribution < -0.4 is 0 Å². The first kappa shape index (κ1) is 38.7. The lowest BCUT2D eigenvalue weighted by Gasteiger charge is -2.33. The van der Waals surface area contributed by atoms with E-state index in [1.54, 1.807) is 19.1 Å². The molecule has 1 aliphatic heterocycles. The molecule has 8 heteroatoms. The van der Waals surface area contributed by atoms with Crippen LogP contribution >= 0.6 is 0 Å². The quantitative estimate of drug-likeness (QED) is 0.0389. The summed E-state index contributed by atoms with van der Waals surface area (Å²) in [6.07, 6.45) is 23.7. The van der Waals surface area contributed by atoms with Gasteiger partial charge in [0, 0.05) is 17.6 Å². The predicted octanol–water partition coefficient (Wildman–Crippen LogP) is 7.38. The molecule has 5 atom stereocenters. The summed E-state index contributed by atoms with van der Waals surface area (Å²) in [5.74, 6) is -3.10. The third-order valence-electron chi connectivity index (χ3n) is 8.38. The maximum absolute atomic E-state index is 13.1.